The highest BCUT2D eigenvalue weighted by Gasteiger charge is 2.12. The summed E-state index contributed by atoms with van der Waals surface area (Å²) in [6.07, 6.45) is 3.15. The summed E-state index contributed by atoms with van der Waals surface area (Å²) >= 11 is 0. The van der Waals surface area contributed by atoms with E-state index in [0.29, 0.717) is 17.3 Å². The molecular formula is C17H15N3O4. The fourth-order valence-corrected chi connectivity index (χ4v) is 2.11. The molecule has 0 atom stereocenters. The van der Waals surface area contributed by atoms with Gasteiger partial charge >= 0.3 is 0 Å². The van der Waals surface area contributed by atoms with Gasteiger partial charge in [-0.05, 0) is 24.3 Å². The van der Waals surface area contributed by atoms with Crippen LogP contribution in [0.3, 0.4) is 0 Å². The number of aromatic nitrogens is 2. The van der Waals surface area contributed by atoms with Gasteiger partial charge in [0.1, 0.15) is 5.76 Å². The summed E-state index contributed by atoms with van der Waals surface area (Å²) in [6, 6.07) is 11.4. The van der Waals surface area contributed by atoms with Crippen molar-refractivity contribution < 1.29 is 13.9 Å². The zero-order chi connectivity index (χ0) is 16.9. The fraction of sp³-hybridized carbons (Fsp3) is 0.118. The van der Waals surface area contributed by atoms with Gasteiger partial charge in [-0.1, -0.05) is 6.07 Å². The maximum atomic E-state index is 12.2. The van der Waals surface area contributed by atoms with Crippen LogP contribution in [-0.2, 0) is 6.54 Å². The molecule has 0 unspecified atom stereocenters. The van der Waals surface area contributed by atoms with Crippen molar-refractivity contribution in [2.24, 2.45) is 0 Å². The molecule has 3 aromatic heterocycles. The van der Waals surface area contributed by atoms with E-state index in [0.717, 1.165) is 0 Å². The van der Waals surface area contributed by atoms with E-state index in [1.165, 1.54) is 23.9 Å². The summed E-state index contributed by atoms with van der Waals surface area (Å²) in [4.78, 5) is 27.9. The molecule has 122 valence electrons. The van der Waals surface area contributed by atoms with Crippen LogP contribution in [0.15, 0.2) is 64.1 Å². The molecule has 0 aliphatic carbocycles. The third-order valence-electron chi connectivity index (χ3n) is 3.31. The van der Waals surface area contributed by atoms with Crippen molar-refractivity contribution in [1.82, 2.24) is 9.55 Å². The minimum Gasteiger partial charge on any atom is -0.481 e. The van der Waals surface area contributed by atoms with E-state index in [1.54, 1.807) is 42.6 Å². The standard InChI is InChI=1S/C17H15N3O4/c1-23-15-8-5-12(10-18-15)19-17(22)14-7-6-13(24-14)11-20-9-3-2-4-16(20)21/h2-10H,11H2,1H3,(H,19,22). The SMILES string of the molecule is COc1ccc(NC(=O)c2ccc(Cn3ccccc3=O)o2)cn1. The first-order valence-electron chi connectivity index (χ1n) is 7.21. The zero-order valence-corrected chi connectivity index (χ0v) is 12.9. The van der Waals surface area contributed by atoms with Gasteiger partial charge in [0, 0.05) is 18.3 Å². The molecule has 0 aromatic carbocycles. The molecule has 24 heavy (non-hydrogen) atoms. The molecule has 3 heterocycles. The highest BCUT2D eigenvalue weighted by molar-refractivity contribution is 6.02. The van der Waals surface area contributed by atoms with Crippen LogP contribution in [0.4, 0.5) is 5.69 Å². The first kappa shape index (κ1) is 15.5. The summed E-state index contributed by atoms with van der Waals surface area (Å²) in [7, 11) is 1.52. The lowest BCUT2D eigenvalue weighted by Crippen LogP contribution is -2.18. The maximum absolute atomic E-state index is 12.2. The number of pyridine rings is 2. The summed E-state index contributed by atoms with van der Waals surface area (Å²) in [5.74, 6) is 0.737. The van der Waals surface area contributed by atoms with Gasteiger partial charge in [0.25, 0.3) is 11.5 Å². The summed E-state index contributed by atoms with van der Waals surface area (Å²) in [5.41, 5.74) is 0.391. The minimum atomic E-state index is -0.395. The summed E-state index contributed by atoms with van der Waals surface area (Å²) in [6.45, 7) is 0.261. The van der Waals surface area contributed by atoms with E-state index in [9.17, 15) is 9.59 Å². The molecule has 7 heteroatoms. The molecule has 0 bridgehead atoms. The van der Waals surface area contributed by atoms with Crippen LogP contribution < -0.4 is 15.6 Å². The van der Waals surface area contributed by atoms with Crippen LogP contribution in [0.1, 0.15) is 16.3 Å². The second-order valence-corrected chi connectivity index (χ2v) is 4.98. The normalized spacial score (nSPS) is 10.4. The number of methoxy groups -OCH3 is 1. The van der Waals surface area contributed by atoms with E-state index >= 15 is 0 Å². The Kier molecular flexibility index (Phi) is 4.42. The van der Waals surface area contributed by atoms with Crippen LogP contribution in [0.2, 0.25) is 0 Å². The number of carbonyl (C=O) groups excluding carboxylic acids is 1. The first-order valence-corrected chi connectivity index (χ1v) is 7.21. The lowest BCUT2D eigenvalue weighted by Gasteiger charge is -2.04. The lowest BCUT2D eigenvalue weighted by atomic mass is 10.3. The molecule has 1 amide bonds. The molecule has 0 saturated carbocycles. The Bertz CT molecular complexity index is 896. The smallest absolute Gasteiger partial charge is 0.291 e. The van der Waals surface area contributed by atoms with Crippen LogP contribution in [0.25, 0.3) is 0 Å². The van der Waals surface area contributed by atoms with Gasteiger partial charge in [0.2, 0.25) is 5.88 Å². The van der Waals surface area contributed by atoms with Gasteiger partial charge in [-0.15, -0.1) is 0 Å². The van der Waals surface area contributed by atoms with Crippen molar-refractivity contribution in [2.75, 3.05) is 12.4 Å². The maximum Gasteiger partial charge on any atom is 0.291 e. The largest absolute Gasteiger partial charge is 0.481 e. The zero-order valence-electron chi connectivity index (χ0n) is 12.9. The predicted octanol–water partition coefficient (Wildman–Crippen LogP) is 2.15. The summed E-state index contributed by atoms with van der Waals surface area (Å²) < 4.78 is 12.0. The molecule has 3 rings (SSSR count). The van der Waals surface area contributed by atoms with Crippen LogP contribution >= 0.6 is 0 Å². The van der Waals surface area contributed by atoms with Crippen LogP contribution in [0, 0.1) is 0 Å². The van der Waals surface area contributed by atoms with Crippen LogP contribution in [0.5, 0.6) is 5.88 Å². The van der Waals surface area contributed by atoms with E-state index in [-0.39, 0.29) is 17.9 Å². The number of carbonyl (C=O) groups is 1. The van der Waals surface area contributed by atoms with Crippen molar-refractivity contribution in [2.45, 2.75) is 6.54 Å². The van der Waals surface area contributed by atoms with Crippen molar-refractivity contribution >= 4 is 11.6 Å². The van der Waals surface area contributed by atoms with Gasteiger partial charge in [-0.3, -0.25) is 9.59 Å². The number of hydrogen-bond donors (Lipinski definition) is 1. The number of amides is 1. The fourth-order valence-electron chi connectivity index (χ4n) is 2.11. The lowest BCUT2D eigenvalue weighted by molar-refractivity contribution is 0.0994. The highest BCUT2D eigenvalue weighted by Crippen LogP contribution is 2.14. The quantitative estimate of drug-likeness (QED) is 0.777. The predicted molar refractivity (Wildman–Crippen MR) is 87.3 cm³/mol. The second-order valence-electron chi connectivity index (χ2n) is 4.98. The first-order chi connectivity index (χ1) is 11.7. The van der Waals surface area contributed by atoms with Gasteiger partial charge < -0.3 is 19.0 Å². The Morgan fingerprint density at radius 1 is 1.25 bits per heavy atom. The van der Waals surface area contributed by atoms with E-state index in [2.05, 4.69) is 10.3 Å². The van der Waals surface area contributed by atoms with Gasteiger partial charge in [-0.25, -0.2) is 4.98 Å². The number of ether oxygens (including phenoxy) is 1. The molecule has 3 aromatic rings. The molecule has 0 saturated heterocycles. The Hall–Kier alpha value is -3.35. The van der Waals surface area contributed by atoms with Gasteiger partial charge in [-0.2, -0.15) is 0 Å². The van der Waals surface area contributed by atoms with Crippen molar-refractivity contribution in [3.05, 3.63) is 76.7 Å². The number of nitrogens with zero attached hydrogens (tertiary/aromatic N) is 2. The Morgan fingerprint density at radius 2 is 2.12 bits per heavy atom. The molecule has 1 N–H and O–H groups in total. The minimum absolute atomic E-state index is 0.135. The average molecular weight is 325 g/mol. The van der Waals surface area contributed by atoms with Gasteiger partial charge in [0.05, 0.1) is 25.5 Å². The van der Waals surface area contributed by atoms with E-state index < -0.39 is 5.91 Å². The Balaban J connectivity index is 1.69. The summed E-state index contributed by atoms with van der Waals surface area (Å²) in [5, 5.41) is 2.68. The topological polar surface area (TPSA) is 86.4 Å². The number of furan rings is 1. The van der Waals surface area contributed by atoms with E-state index in [4.69, 9.17) is 9.15 Å². The average Bonchev–Trinajstić information content (AvgIpc) is 3.06. The molecule has 0 aliphatic rings. The molecule has 7 nitrogen and oxygen atoms in total. The molecule has 0 spiro atoms. The van der Waals surface area contributed by atoms with Crippen molar-refractivity contribution in [1.29, 1.82) is 0 Å². The molecule has 0 radical (unpaired) electrons. The van der Waals surface area contributed by atoms with Gasteiger partial charge in [0.15, 0.2) is 5.76 Å². The monoisotopic (exact) mass is 325 g/mol. The number of hydrogen-bond acceptors (Lipinski definition) is 5. The second kappa shape index (κ2) is 6.82. The molecule has 0 aliphatic heterocycles. The van der Waals surface area contributed by atoms with Crippen LogP contribution in [-0.4, -0.2) is 22.6 Å². The number of nitrogens with one attached hydrogen (secondary N) is 1. The molecule has 0 fully saturated rings. The number of rotatable bonds is 5. The third kappa shape index (κ3) is 3.52. The number of anilines is 1. The highest BCUT2D eigenvalue weighted by atomic mass is 16.5. The van der Waals surface area contributed by atoms with Crippen molar-refractivity contribution in [3.8, 4) is 5.88 Å². The third-order valence-corrected chi connectivity index (χ3v) is 3.31. The van der Waals surface area contributed by atoms with Crippen molar-refractivity contribution in [3.63, 3.8) is 0 Å². The van der Waals surface area contributed by atoms with E-state index in [1.807, 2.05) is 0 Å². The Morgan fingerprint density at radius 3 is 2.83 bits per heavy atom. The molecular weight excluding hydrogens is 310 g/mol. The Labute approximate surface area is 137 Å².